The van der Waals surface area contributed by atoms with Gasteiger partial charge in [-0.2, -0.15) is 0 Å². The first kappa shape index (κ1) is 16.9. The third kappa shape index (κ3) is 4.55. The molecule has 128 valence electrons. The molecular formula is C18H23N3O2S. The molecule has 2 aromatic rings. The van der Waals surface area contributed by atoms with Gasteiger partial charge in [-0.05, 0) is 25.3 Å². The number of amides is 2. The van der Waals surface area contributed by atoms with Crippen LogP contribution in [0.5, 0.6) is 0 Å². The third-order valence-corrected chi connectivity index (χ3v) is 5.08. The summed E-state index contributed by atoms with van der Waals surface area (Å²) >= 11 is 1.68. The Bertz CT molecular complexity index is 659. The molecular weight excluding hydrogens is 322 g/mol. The molecule has 1 aromatic carbocycles. The van der Waals surface area contributed by atoms with E-state index in [0.29, 0.717) is 13.2 Å². The van der Waals surface area contributed by atoms with Crippen LogP contribution in [0.15, 0.2) is 35.7 Å². The van der Waals surface area contributed by atoms with Crippen LogP contribution in [0.25, 0.3) is 0 Å². The van der Waals surface area contributed by atoms with Crippen LogP contribution in [0.2, 0.25) is 0 Å². The number of hydrogen-bond acceptors (Lipinski definition) is 4. The van der Waals surface area contributed by atoms with E-state index in [1.807, 2.05) is 37.3 Å². The minimum absolute atomic E-state index is 0.0222. The van der Waals surface area contributed by atoms with Crippen molar-refractivity contribution in [3.05, 3.63) is 52.0 Å². The molecule has 24 heavy (non-hydrogen) atoms. The van der Waals surface area contributed by atoms with Crippen molar-refractivity contribution in [1.82, 2.24) is 15.6 Å². The van der Waals surface area contributed by atoms with Crippen molar-refractivity contribution in [2.75, 3.05) is 13.2 Å². The van der Waals surface area contributed by atoms with Gasteiger partial charge >= 0.3 is 6.03 Å². The second kappa shape index (κ2) is 8.26. The molecule has 2 heterocycles. The van der Waals surface area contributed by atoms with Crippen LogP contribution in [-0.4, -0.2) is 30.2 Å². The molecule has 0 spiro atoms. The van der Waals surface area contributed by atoms with E-state index in [1.54, 1.807) is 11.3 Å². The number of ether oxygens (including phenoxy) is 1. The maximum absolute atomic E-state index is 12.1. The predicted octanol–water partition coefficient (Wildman–Crippen LogP) is 3.21. The number of nitrogens with one attached hydrogen (secondary N) is 2. The normalized spacial score (nSPS) is 20.0. The molecule has 2 N–H and O–H groups in total. The Kier molecular flexibility index (Phi) is 5.82. The Morgan fingerprint density at radius 1 is 1.38 bits per heavy atom. The summed E-state index contributed by atoms with van der Waals surface area (Å²) in [6.45, 7) is 3.32. The van der Waals surface area contributed by atoms with Crippen molar-refractivity contribution in [2.45, 2.75) is 38.3 Å². The Morgan fingerprint density at radius 3 is 2.96 bits per heavy atom. The van der Waals surface area contributed by atoms with Crippen LogP contribution >= 0.6 is 11.3 Å². The fourth-order valence-electron chi connectivity index (χ4n) is 2.89. The first-order chi connectivity index (χ1) is 11.7. The number of rotatable bonds is 6. The van der Waals surface area contributed by atoms with Gasteiger partial charge in [0, 0.05) is 30.6 Å². The lowest BCUT2D eigenvalue weighted by molar-refractivity contribution is 0.0999. The monoisotopic (exact) mass is 345 g/mol. The van der Waals surface area contributed by atoms with Gasteiger partial charge in [0.25, 0.3) is 0 Å². The van der Waals surface area contributed by atoms with Gasteiger partial charge in [0.15, 0.2) is 0 Å². The fraction of sp³-hybridized carbons (Fsp3) is 0.444. The molecule has 1 aliphatic heterocycles. The van der Waals surface area contributed by atoms with Crippen LogP contribution in [0.3, 0.4) is 0 Å². The SMILES string of the molecule is Cc1csc(CCCNC(=O)N[C@@H]2CCO[C@@H]2c2ccccc2)n1. The smallest absolute Gasteiger partial charge is 0.315 e. The molecule has 1 fully saturated rings. The molecule has 0 bridgehead atoms. The molecule has 6 heteroatoms. The minimum atomic E-state index is -0.123. The second-order valence-corrected chi connectivity index (χ2v) is 6.93. The summed E-state index contributed by atoms with van der Waals surface area (Å²) < 4.78 is 5.79. The third-order valence-electron chi connectivity index (χ3n) is 4.06. The van der Waals surface area contributed by atoms with Crippen LogP contribution in [0.4, 0.5) is 4.79 Å². The van der Waals surface area contributed by atoms with E-state index in [4.69, 9.17) is 4.74 Å². The summed E-state index contributed by atoms with van der Waals surface area (Å²) in [6, 6.07) is 9.95. The van der Waals surface area contributed by atoms with Crippen LogP contribution in [0.1, 0.15) is 35.2 Å². The summed E-state index contributed by atoms with van der Waals surface area (Å²) in [6.07, 6.45) is 2.57. The van der Waals surface area contributed by atoms with Gasteiger partial charge in [0.1, 0.15) is 6.10 Å². The maximum Gasteiger partial charge on any atom is 0.315 e. The molecule has 0 radical (unpaired) electrons. The number of carbonyl (C=O) groups excluding carboxylic acids is 1. The maximum atomic E-state index is 12.1. The molecule has 1 aliphatic rings. The van der Waals surface area contributed by atoms with Crippen LogP contribution in [-0.2, 0) is 11.2 Å². The molecule has 2 amide bonds. The largest absolute Gasteiger partial charge is 0.371 e. The molecule has 2 atom stereocenters. The summed E-state index contributed by atoms with van der Waals surface area (Å²) in [5.41, 5.74) is 2.17. The number of thiazole rings is 1. The summed E-state index contributed by atoms with van der Waals surface area (Å²) in [5, 5.41) is 9.15. The number of nitrogens with zero attached hydrogens (tertiary/aromatic N) is 1. The van der Waals surface area contributed by atoms with Gasteiger partial charge in [-0.15, -0.1) is 11.3 Å². The highest BCUT2D eigenvalue weighted by Crippen LogP contribution is 2.28. The van der Waals surface area contributed by atoms with Crippen molar-refractivity contribution >= 4 is 17.4 Å². The summed E-state index contributed by atoms with van der Waals surface area (Å²) in [4.78, 5) is 16.5. The first-order valence-corrected chi connectivity index (χ1v) is 9.22. The average molecular weight is 345 g/mol. The summed E-state index contributed by atoms with van der Waals surface area (Å²) in [5.74, 6) is 0. The topological polar surface area (TPSA) is 63.2 Å². The molecule has 0 unspecified atom stereocenters. The molecule has 1 saturated heterocycles. The molecule has 3 rings (SSSR count). The Morgan fingerprint density at radius 2 is 2.21 bits per heavy atom. The number of benzene rings is 1. The van der Waals surface area contributed by atoms with Crippen molar-refractivity contribution in [3.8, 4) is 0 Å². The highest BCUT2D eigenvalue weighted by molar-refractivity contribution is 7.09. The lowest BCUT2D eigenvalue weighted by Gasteiger charge is -2.20. The minimum Gasteiger partial charge on any atom is -0.371 e. The number of aromatic nitrogens is 1. The van der Waals surface area contributed by atoms with E-state index in [2.05, 4.69) is 21.0 Å². The van der Waals surface area contributed by atoms with Gasteiger partial charge < -0.3 is 15.4 Å². The van der Waals surface area contributed by atoms with E-state index in [1.165, 1.54) is 0 Å². The fourth-order valence-corrected chi connectivity index (χ4v) is 3.71. The highest BCUT2D eigenvalue weighted by atomic mass is 32.1. The van der Waals surface area contributed by atoms with Crippen LogP contribution in [0, 0.1) is 6.92 Å². The van der Waals surface area contributed by atoms with Gasteiger partial charge in [-0.1, -0.05) is 30.3 Å². The Labute approximate surface area is 146 Å². The van der Waals surface area contributed by atoms with Gasteiger partial charge in [0.2, 0.25) is 0 Å². The van der Waals surface area contributed by atoms with E-state index in [0.717, 1.165) is 35.5 Å². The second-order valence-electron chi connectivity index (χ2n) is 5.98. The van der Waals surface area contributed by atoms with Crippen molar-refractivity contribution in [3.63, 3.8) is 0 Å². The van der Waals surface area contributed by atoms with Crippen molar-refractivity contribution in [2.24, 2.45) is 0 Å². The van der Waals surface area contributed by atoms with Crippen molar-refractivity contribution < 1.29 is 9.53 Å². The zero-order valence-corrected chi connectivity index (χ0v) is 14.6. The van der Waals surface area contributed by atoms with Gasteiger partial charge in [-0.25, -0.2) is 9.78 Å². The van der Waals surface area contributed by atoms with E-state index >= 15 is 0 Å². The number of aryl methyl sites for hydroxylation is 2. The lowest BCUT2D eigenvalue weighted by atomic mass is 10.0. The zero-order chi connectivity index (χ0) is 16.8. The standard InChI is InChI=1S/C18H23N3O2S/c1-13-12-24-16(20-13)8-5-10-19-18(22)21-15-9-11-23-17(15)14-6-3-2-4-7-14/h2-4,6-7,12,15,17H,5,8-11H2,1H3,(H2,19,21,22)/t15-,17-/m1/s1. The molecule has 1 aromatic heterocycles. The van der Waals surface area contributed by atoms with E-state index in [-0.39, 0.29) is 18.2 Å². The Balaban J connectivity index is 1.41. The predicted molar refractivity (Wildman–Crippen MR) is 95.2 cm³/mol. The van der Waals surface area contributed by atoms with Crippen molar-refractivity contribution in [1.29, 1.82) is 0 Å². The lowest BCUT2D eigenvalue weighted by Crippen LogP contribution is -2.43. The quantitative estimate of drug-likeness (QED) is 0.790. The number of hydrogen-bond donors (Lipinski definition) is 2. The molecule has 5 nitrogen and oxygen atoms in total. The first-order valence-electron chi connectivity index (χ1n) is 8.34. The molecule has 0 saturated carbocycles. The number of carbonyl (C=O) groups is 1. The van der Waals surface area contributed by atoms with Crippen LogP contribution < -0.4 is 10.6 Å². The average Bonchev–Trinajstić information content (AvgIpc) is 3.21. The summed E-state index contributed by atoms with van der Waals surface area (Å²) in [7, 11) is 0. The highest BCUT2D eigenvalue weighted by Gasteiger charge is 2.30. The van der Waals surface area contributed by atoms with Gasteiger partial charge in [-0.3, -0.25) is 0 Å². The zero-order valence-electron chi connectivity index (χ0n) is 13.8. The van der Waals surface area contributed by atoms with E-state index in [9.17, 15) is 4.79 Å². The van der Waals surface area contributed by atoms with E-state index < -0.39 is 0 Å². The Hall–Kier alpha value is -1.92. The molecule has 0 aliphatic carbocycles. The number of urea groups is 1. The van der Waals surface area contributed by atoms with Gasteiger partial charge in [0.05, 0.1) is 11.0 Å².